The van der Waals surface area contributed by atoms with Gasteiger partial charge in [0, 0.05) is 6.54 Å². The van der Waals surface area contributed by atoms with E-state index in [1.165, 1.54) is 0 Å². The van der Waals surface area contributed by atoms with Crippen LogP contribution >= 0.6 is 0 Å². The molecular formula is C13H22N4O3. The fourth-order valence-electron chi connectivity index (χ4n) is 1.63. The molecule has 1 heterocycles. The number of unbranched alkanes of at least 4 members (excludes halogenated alkanes) is 2. The van der Waals surface area contributed by atoms with Crippen molar-refractivity contribution in [3.05, 3.63) is 15.9 Å². The summed E-state index contributed by atoms with van der Waals surface area (Å²) in [6.07, 6.45) is 3.72. The van der Waals surface area contributed by atoms with Crippen molar-refractivity contribution < 1.29 is 9.66 Å². The highest BCUT2D eigenvalue weighted by Crippen LogP contribution is 2.31. The van der Waals surface area contributed by atoms with Gasteiger partial charge in [-0.1, -0.05) is 26.7 Å². The van der Waals surface area contributed by atoms with Gasteiger partial charge in [-0.15, -0.1) is 0 Å². The second-order valence-electron chi connectivity index (χ2n) is 4.51. The largest absolute Gasteiger partial charge is 0.473 e. The molecule has 0 amide bonds. The van der Waals surface area contributed by atoms with Gasteiger partial charge in [-0.3, -0.25) is 10.1 Å². The van der Waals surface area contributed by atoms with Crippen LogP contribution in [0.1, 0.15) is 45.4 Å². The van der Waals surface area contributed by atoms with E-state index in [1.807, 2.05) is 6.92 Å². The SMILES string of the molecule is CCCCNc1nc(C)nc(OCCCC)c1[N+](=O)[O-]. The molecule has 7 heteroatoms. The normalized spacial score (nSPS) is 10.3. The van der Waals surface area contributed by atoms with Crippen molar-refractivity contribution in [1.29, 1.82) is 0 Å². The number of nitrogens with one attached hydrogen (secondary N) is 1. The summed E-state index contributed by atoms with van der Waals surface area (Å²) in [5, 5.41) is 14.2. The summed E-state index contributed by atoms with van der Waals surface area (Å²) in [6.45, 7) is 6.84. The van der Waals surface area contributed by atoms with Crippen molar-refractivity contribution in [1.82, 2.24) is 9.97 Å². The van der Waals surface area contributed by atoms with Gasteiger partial charge >= 0.3 is 5.69 Å². The van der Waals surface area contributed by atoms with Gasteiger partial charge in [-0.2, -0.15) is 4.98 Å². The number of nitro groups is 1. The predicted molar refractivity (Wildman–Crippen MR) is 77.2 cm³/mol. The number of aromatic nitrogens is 2. The van der Waals surface area contributed by atoms with Crippen LogP contribution in [-0.2, 0) is 0 Å². The summed E-state index contributed by atoms with van der Waals surface area (Å²) in [7, 11) is 0. The molecule has 0 aliphatic heterocycles. The smallest absolute Gasteiger partial charge is 0.372 e. The third-order valence-corrected chi connectivity index (χ3v) is 2.71. The van der Waals surface area contributed by atoms with E-state index in [-0.39, 0.29) is 17.4 Å². The summed E-state index contributed by atoms with van der Waals surface area (Å²) in [5.41, 5.74) is -0.178. The number of aryl methyl sites for hydroxylation is 1. The number of hydrogen-bond donors (Lipinski definition) is 1. The van der Waals surface area contributed by atoms with Gasteiger partial charge in [0.15, 0.2) is 0 Å². The second-order valence-corrected chi connectivity index (χ2v) is 4.51. The molecule has 1 aromatic heterocycles. The molecule has 20 heavy (non-hydrogen) atoms. The van der Waals surface area contributed by atoms with Crippen molar-refractivity contribution in [2.75, 3.05) is 18.5 Å². The van der Waals surface area contributed by atoms with Crippen molar-refractivity contribution in [2.45, 2.75) is 46.5 Å². The molecule has 0 saturated heterocycles. The van der Waals surface area contributed by atoms with Gasteiger partial charge in [0.1, 0.15) is 5.82 Å². The molecule has 7 nitrogen and oxygen atoms in total. The van der Waals surface area contributed by atoms with Crippen molar-refractivity contribution in [2.24, 2.45) is 0 Å². The third-order valence-electron chi connectivity index (χ3n) is 2.71. The molecule has 0 aliphatic carbocycles. The van der Waals surface area contributed by atoms with Crippen LogP contribution in [0.2, 0.25) is 0 Å². The summed E-state index contributed by atoms with van der Waals surface area (Å²) in [4.78, 5) is 18.9. The van der Waals surface area contributed by atoms with Gasteiger partial charge in [0.05, 0.1) is 11.5 Å². The maximum absolute atomic E-state index is 11.2. The van der Waals surface area contributed by atoms with E-state index >= 15 is 0 Å². The quantitative estimate of drug-likeness (QED) is 0.425. The lowest BCUT2D eigenvalue weighted by atomic mass is 10.3. The van der Waals surface area contributed by atoms with Crippen LogP contribution in [-0.4, -0.2) is 28.0 Å². The van der Waals surface area contributed by atoms with Crippen LogP contribution in [0, 0.1) is 17.0 Å². The molecule has 0 spiro atoms. The molecule has 0 saturated carbocycles. The minimum atomic E-state index is -0.491. The molecule has 1 rings (SSSR count). The fraction of sp³-hybridized carbons (Fsp3) is 0.692. The Kier molecular flexibility index (Phi) is 6.69. The maximum atomic E-state index is 11.2. The number of anilines is 1. The molecule has 0 atom stereocenters. The molecule has 112 valence electrons. The van der Waals surface area contributed by atoms with E-state index in [2.05, 4.69) is 22.2 Å². The van der Waals surface area contributed by atoms with Gasteiger partial charge in [-0.05, 0) is 19.8 Å². The van der Waals surface area contributed by atoms with E-state index in [0.29, 0.717) is 19.0 Å². The van der Waals surface area contributed by atoms with Crippen LogP contribution in [0.3, 0.4) is 0 Å². The first kappa shape index (κ1) is 16.1. The average molecular weight is 282 g/mol. The zero-order valence-electron chi connectivity index (χ0n) is 12.3. The summed E-state index contributed by atoms with van der Waals surface area (Å²) in [6, 6.07) is 0. The Morgan fingerprint density at radius 2 is 1.95 bits per heavy atom. The molecule has 0 fully saturated rings. The molecule has 0 aliphatic rings. The highest BCUT2D eigenvalue weighted by Gasteiger charge is 2.25. The zero-order chi connectivity index (χ0) is 15.0. The molecule has 1 N–H and O–H groups in total. The van der Waals surface area contributed by atoms with Gasteiger partial charge in [0.25, 0.3) is 5.88 Å². The summed E-state index contributed by atoms with van der Waals surface area (Å²) >= 11 is 0. The lowest BCUT2D eigenvalue weighted by molar-refractivity contribution is -0.385. The van der Waals surface area contributed by atoms with E-state index in [0.717, 1.165) is 25.7 Å². The Labute approximate surface area is 118 Å². The topological polar surface area (TPSA) is 90.2 Å². The van der Waals surface area contributed by atoms with E-state index in [9.17, 15) is 10.1 Å². The molecule has 1 aromatic rings. The molecule has 0 unspecified atom stereocenters. The van der Waals surface area contributed by atoms with Crippen LogP contribution in [0.4, 0.5) is 11.5 Å². The first-order chi connectivity index (χ1) is 9.60. The van der Waals surface area contributed by atoms with Crippen LogP contribution in [0.15, 0.2) is 0 Å². The standard InChI is InChI=1S/C13H22N4O3/c1-4-6-8-14-12-11(17(18)19)13(16-10(3)15-12)20-9-7-5-2/h4-9H2,1-3H3,(H,14,15,16). The van der Waals surface area contributed by atoms with Gasteiger partial charge in [-0.25, -0.2) is 4.98 Å². The molecule has 0 aromatic carbocycles. The van der Waals surface area contributed by atoms with Crippen LogP contribution in [0.5, 0.6) is 5.88 Å². The zero-order valence-corrected chi connectivity index (χ0v) is 12.3. The lowest BCUT2D eigenvalue weighted by Crippen LogP contribution is -2.11. The Morgan fingerprint density at radius 1 is 1.25 bits per heavy atom. The highest BCUT2D eigenvalue weighted by molar-refractivity contribution is 5.61. The van der Waals surface area contributed by atoms with E-state index in [4.69, 9.17) is 4.74 Å². The second kappa shape index (κ2) is 8.29. The van der Waals surface area contributed by atoms with Crippen molar-refractivity contribution in [3.8, 4) is 5.88 Å². The number of nitrogens with zero attached hydrogens (tertiary/aromatic N) is 3. The third kappa shape index (κ3) is 4.64. The van der Waals surface area contributed by atoms with E-state index < -0.39 is 4.92 Å². The maximum Gasteiger partial charge on any atom is 0.372 e. The van der Waals surface area contributed by atoms with Crippen LogP contribution < -0.4 is 10.1 Å². The molecular weight excluding hydrogens is 260 g/mol. The number of rotatable bonds is 9. The Balaban J connectivity index is 2.98. The Hall–Kier alpha value is -1.92. The first-order valence-corrected chi connectivity index (χ1v) is 6.99. The Bertz CT molecular complexity index is 420. The minimum Gasteiger partial charge on any atom is -0.473 e. The minimum absolute atomic E-state index is 0.0509. The fourth-order valence-corrected chi connectivity index (χ4v) is 1.63. The summed E-state index contributed by atoms with van der Waals surface area (Å²) in [5.74, 6) is 0.749. The Morgan fingerprint density at radius 3 is 2.55 bits per heavy atom. The van der Waals surface area contributed by atoms with Gasteiger partial charge in [0.2, 0.25) is 5.82 Å². The van der Waals surface area contributed by atoms with Crippen molar-refractivity contribution in [3.63, 3.8) is 0 Å². The predicted octanol–water partition coefficient (Wildman–Crippen LogP) is 3.08. The van der Waals surface area contributed by atoms with Gasteiger partial charge < -0.3 is 10.1 Å². The molecule has 0 radical (unpaired) electrons. The van der Waals surface area contributed by atoms with Crippen LogP contribution in [0.25, 0.3) is 0 Å². The van der Waals surface area contributed by atoms with E-state index in [1.54, 1.807) is 6.92 Å². The number of ether oxygens (including phenoxy) is 1. The first-order valence-electron chi connectivity index (χ1n) is 6.99. The number of hydrogen-bond acceptors (Lipinski definition) is 6. The monoisotopic (exact) mass is 282 g/mol. The van der Waals surface area contributed by atoms with Crippen molar-refractivity contribution >= 4 is 11.5 Å². The average Bonchev–Trinajstić information content (AvgIpc) is 2.38. The highest BCUT2D eigenvalue weighted by atomic mass is 16.6. The summed E-state index contributed by atoms with van der Waals surface area (Å²) < 4.78 is 5.43. The lowest BCUT2D eigenvalue weighted by Gasteiger charge is -2.10. The molecule has 0 bridgehead atoms.